The van der Waals surface area contributed by atoms with Crippen LogP contribution in [0, 0.1) is 6.85 Å². The Labute approximate surface area is 134 Å². The number of hydrogen-bond acceptors (Lipinski definition) is 2. The molecule has 0 saturated heterocycles. The van der Waals surface area contributed by atoms with Gasteiger partial charge in [0.25, 0.3) is 0 Å². The minimum atomic E-state index is -2.01. The van der Waals surface area contributed by atoms with Gasteiger partial charge in [-0.2, -0.15) is 0 Å². The average Bonchev–Trinajstić information content (AvgIpc) is 2.47. The van der Waals surface area contributed by atoms with Crippen molar-refractivity contribution in [3.8, 4) is 0 Å². The summed E-state index contributed by atoms with van der Waals surface area (Å²) in [6, 6.07) is 14.0. The summed E-state index contributed by atoms with van der Waals surface area (Å²) in [7, 11) is 1.36. The quantitative estimate of drug-likeness (QED) is 0.643. The molecule has 2 rings (SSSR count). The first kappa shape index (κ1) is 11.7. The highest BCUT2D eigenvalue weighted by atomic mass is 79.9. The number of carbonyl (C=O) groups is 1. The molecule has 0 fully saturated rings. The molecule has 2 aromatic carbocycles. The number of hydrogen-bond donors (Lipinski definition) is 0. The van der Waals surface area contributed by atoms with Gasteiger partial charge < -0.3 is 4.74 Å². The number of aryl methyl sites for hydroxylation is 1. The van der Waals surface area contributed by atoms with Gasteiger partial charge in [-0.15, -0.1) is 0 Å². The molecule has 0 aliphatic carbocycles. The van der Waals surface area contributed by atoms with Gasteiger partial charge in [-0.25, -0.2) is 4.79 Å². The number of rotatable bonds is 1. The molecule has 0 aliphatic heterocycles. The van der Waals surface area contributed by atoms with E-state index in [0.717, 1.165) is 4.47 Å². The molecule has 0 aromatic heterocycles. The van der Waals surface area contributed by atoms with Crippen molar-refractivity contribution in [3.63, 3.8) is 0 Å². The first-order valence-electron chi connectivity index (χ1n) is 6.85. The van der Waals surface area contributed by atoms with Crippen molar-refractivity contribution in [2.45, 2.75) is 6.85 Å². The van der Waals surface area contributed by atoms with Crippen molar-refractivity contribution in [3.05, 3.63) is 68.6 Å². The van der Waals surface area contributed by atoms with E-state index in [1.54, 1.807) is 42.5 Å². The maximum absolute atomic E-state index is 11.0. The molecule has 0 unspecified atom stereocenters. The standard InChI is InChI=1S/C8H7BrO2.C7H7Br/c1-11-8(10)6-4-2-3-5-7(6)9;1-6-4-2-3-5-7(6)8/h2-5H,1H3;2-5H,1H3/i;1D3. The number of benzene rings is 2. The minimum Gasteiger partial charge on any atom is -0.465 e. The molecule has 19 heavy (non-hydrogen) atoms. The van der Waals surface area contributed by atoms with Crippen LogP contribution in [-0.2, 0) is 4.74 Å². The number of ether oxygens (including phenoxy) is 1. The summed E-state index contributed by atoms with van der Waals surface area (Å²) in [6.07, 6.45) is 0. The van der Waals surface area contributed by atoms with Gasteiger partial charge in [0.05, 0.1) is 12.7 Å². The van der Waals surface area contributed by atoms with Gasteiger partial charge in [0.1, 0.15) is 0 Å². The molecule has 0 aliphatic rings. The molecule has 100 valence electrons. The van der Waals surface area contributed by atoms with Crippen LogP contribution in [0.2, 0.25) is 0 Å². The van der Waals surface area contributed by atoms with E-state index in [1.165, 1.54) is 7.11 Å². The highest BCUT2D eigenvalue weighted by molar-refractivity contribution is 9.10. The highest BCUT2D eigenvalue weighted by Gasteiger charge is 2.07. The van der Waals surface area contributed by atoms with Gasteiger partial charge in [0, 0.05) is 13.1 Å². The lowest BCUT2D eigenvalue weighted by molar-refractivity contribution is 0.0599. The average molecular weight is 389 g/mol. The van der Waals surface area contributed by atoms with E-state index in [9.17, 15) is 4.79 Å². The van der Waals surface area contributed by atoms with E-state index < -0.39 is 6.85 Å². The van der Waals surface area contributed by atoms with Crippen molar-refractivity contribution < 1.29 is 13.6 Å². The van der Waals surface area contributed by atoms with Crippen molar-refractivity contribution >= 4 is 37.8 Å². The van der Waals surface area contributed by atoms with Crippen LogP contribution >= 0.6 is 31.9 Å². The molecule has 2 aromatic rings. The van der Waals surface area contributed by atoms with Crippen LogP contribution in [-0.4, -0.2) is 13.1 Å². The fraction of sp³-hybridized carbons (Fsp3) is 0.133. The van der Waals surface area contributed by atoms with Crippen LogP contribution in [0.1, 0.15) is 20.0 Å². The SMILES string of the molecule is COC(=O)c1ccccc1Br.[2H]C([2H])([2H])c1ccccc1Br. The first-order valence-corrected chi connectivity index (χ1v) is 6.94. The maximum atomic E-state index is 11.0. The summed E-state index contributed by atoms with van der Waals surface area (Å²) in [4.78, 5) is 11.0. The number of carbonyl (C=O) groups excluding carboxylic acids is 1. The lowest BCUT2D eigenvalue weighted by Gasteiger charge is -1.99. The minimum absolute atomic E-state index is 0.322. The van der Waals surface area contributed by atoms with Crippen molar-refractivity contribution in [1.29, 1.82) is 0 Å². The first-order chi connectivity index (χ1) is 10.3. The summed E-state index contributed by atoms with van der Waals surface area (Å²) in [5, 5.41) is 0. The third kappa shape index (κ3) is 5.17. The van der Waals surface area contributed by atoms with Crippen LogP contribution in [0.15, 0.2) is 57.5 Å². The summed E-state index contributed by atoms with van der Waals surface area (Å²) < 4.78 is 27.3. The molecule has 0 heterocycles. The van der Waals surface area contributed by atoms with Gasteiger partial charge in [-0.3, -0.25) is 0 Å². The Bertz CT molecular complexity index is 643. The van der Waals surface area contributed by atoms with Gasteiger partial charge in [0.2, 0.25) is 0 Å². The van der Waals surface area contributed by atoms with Crippen molar-refractivity contribution in [1.82, 2.24) is 0 Å². The van der Waals surface area contributed by atoms with Crippen molar-refractivity contribution in [2.24, 2.45) is 0 Å². The molecular formula is C15H14Br2O2. The molecule has 0 amide bonds. The fourth-order valence-corrected chi connectivity index (χ4v) is 1.93. The van der Waals surface area contributed by atoms with E-state index in [0.29, 0.717) is 15.6 Å². The predicted molar refractivity (Wildman–Crippen MR) is 84.4 cm³/mol. The number of esters is 1. The molecule has 4 heteroatoms. The van der Waals surface area contributed by atoms with E-state index in [2.05, 4.69) is 36.6 Å². The molecule has 0 N–H and O–H groups in total. The fourth-order valence-electron chi connectivity index (χ4n) is 1.20. The Morgan fingerprint density at radius 3 is 2.11 bits per heavy atom. The third-order valence-corrected chi connectivity index (χ3v) is 3.54. The summed E-state index contributed by atoms with van der Waals surface area (Å²) >= 11 is 6.41. The maximum Gasteiger partial charge on any atom is 0.338 e. The van der Waals surface area contributed by atoms with Gasteiger partial charge >= 0.3 is 5.97 Å². The molecule has 2 nitrogen and oxygen atoms in total. The third-order valence-electron chi connectivity index (χ3n) is 2.15. The zero-order valence-electron chi connectivity index (χ0n) is 13.2. The van der Waals surface area contributed by atoms with Gasteiger partial charge in [-0.05, 0) is 46.5 Å². The second-order valence-electron chi connectivity index (χ2n) is 3.45. The summed E-state index contributed by atoms with van der Waals surface area (Å²) in [5.74, 6) is -0.322. The van der Waals surface area contributed by atoms with Gasteiger partial charge in [0.15, 0.2) is 0 Å². The van der Waals surface area contributed by atoms with Crippen LogP contribution in [0.25, 0.3) is 0 Å². The molecule has 0 atom stereocenters. The Morgan fingerprint density at radius 2 is 1.63 bits per heavy atom. The topological polar surface area (TPSA) is 26.3 Å². The normalized spacial score (nSPS) is 12.3. The summed E-state index contributed by atoms with van der Waals surface area (Å²) in [6.45, 7) is -2.01. The van der Waals surface area contributed by atoms with E-state index in [4.69, 9.17) is 4.11 Å². The number of methoxy groups -OCH3 is 1. The van der Waals surface area contributed by atoms with Crippen LogP contribution in [0.4, 0.5) is 0 Å². The second kappa shape index (κ2) is 8.12. The monoisotopic (exact) mass is 387 g/mol. The zero-order valence-corrected chi connectivity index (χ0v) is 13.4. The zero-order chi connectivity index (χ0) is 16.8. The number of halogens is 2. The molecule has 0 radical (unpaired) electrons. The molecule has 0 saturated carbocycles. The lowest BCUT2D eigenvalue weighted by atomic mass is 10.2. The van der Waals surface area contributed by atoms with E-state index >= 15 is 0 Å². The van der Waals surface area contributed by atoms with E-state index in [1.807, 2.05) is 6.07 Å². The largest absolute Gasteiger partial charge is 0.465 e. The molecule has 0 spiro atoms. The Hall–Kier alpha value is -1.13. The van der Waals surface area contributed by atoms with E-state index in [-0.39, 0.29) is 5.97 Å². The van der Waals surface area contributed by atoms with Crippen LogP contribution < -0.4 is 0 Å². The molecular weight excluding hydrogens is 372 g/mol. The highest BCUT2D eigenvalue weighted by Crippen LogP contribution is 2.16. The van der Waals surface area contributed by atoms with Gasteiger partial charge in [-0.1, -0.05) is 46.3 Å². The summed E-state index contributed by atoms with van der Waals surface area (Å²) in [5.41, 5.74) is 0.912. The Balaban J connectivity index is 0.000000220. The second-order valence-corrected chi connectivity index (χ2v) is 5.16. The van der Waals surface area contributed by atoms with Crippen LogP contribution in [0.3, 0.4) is 0 Å². The predicted octanol–water partition coefficient (Wildman–Crippen LogP) is 4.99. The Morgan fingerprint density at radius 1 is 1.05 bits per heavy atom. The molecule has 0 bridgehead atoms. The Kier molecular flexibility index (Phi) is 4.99. The lowest BCUT2D eigenvalue weighted by Crippen LogP contribution is -2.01. The van der Waals surface area contributed by atoms with Crippen molar-refractivity contribution in [2.75, 3.05) is 7.11 Å². The smallest absolute Gasteiger partial charge is 0.338 e. The van der Waals surface area contributed by atoms with Crippen LogP contribution in [0.5, 0.6) is 0 Å².